The van der Waals surface area contributed by atoms with Crippen molar-refractivity contribution in [3.8, 4) is 0 Å². The van der Waals surface area contributed by atoms with E-state index in [-0.39, 0.29) is 11.2 Å². The molecule has 0 bridgehead atoms. The predicted molar refractivity (Wildman–Crippen MR) is 82.8 cm³/mol. The van der Waals surface area contributed by atoms with E-state index in [4.69, 9.17) is 9.84 Å². The summed E-state index contributed by atoms with van der Waals surface area (Å²) in [5.41, 5.74) is 1.17. The summed E-state index contributed by atoms with van der Waals surface area (Å²) in [5.74, 6) is -0.176. The Morgan fingerprint density at radius 2 is 2.14 bits per heavy atom. The van der Waals surface area contributed by atoms with Crippen LogP contribution in [0.5, 0.6) is 0 Å². The number of carboxylic acids is 1. The molecule has 1 aliphatic heterocycles. The Labute approximate surface area is 130 Å². The average molecular weight is 312 g/mol. The van der Waals surface area contributed by atoms with Crippen LogP contribution in [0.4, 0.5) is 0 Å². The highest BCUT2D eigenvalue weighted by atomic mass is 32.2. The topological polar surface area (TPSA) is 64.3 Å². The first-order chi connectivity index (χ1) is 9.88. The summed E-state index contributed by atoms with van der Waals surface area (Å²) in [6.07, 6.45) is 4.01. The Kier molecular flexibility index (Phi) is 5.32. The van der Waals surface area contributed by atoms with Crippen LogP contribution in [0, 0.1) is 5.92 Å². The van der Waals surface area contributed by atoms with Gasteiger partial charge in [-0.15, -0.1) is 0 Å². The molecule has 1 saturated heterocycles. The number of hydrogen-bond donors (Lipinski definition) is 1. The average Bonchev–Trinajstić information content (AvgIpc) is 2.80. The largest absolute Gasteiger partial charge is 0.481 e. The molecule has 0 aromatic carbocycles. The number of aliphatic carboxylic acids is 1. The van der Waals surface area contributed by atoms with Gasteiger partial charge in [0, 0.05) is 37.1 Å². The van der Waals surface area contributed by atoms with E-state index in [0.717, 1.165) is 37.8 Å². The van der Waals surface area contributed by atoms with Crippen LogP contribution in [0.3, 0.4) is 0 Å². The number of carboxylic acid groups (broad SMARTS) is 1. The molecule has 0 amide bonds. The van der Waals surface area contributed by atoms with Crippen molar-refractivity contribution in [2.75, 3.05) is 19.0 Å². The zero-order chi connectivity index (χ0) is 15.5. The zero-order valence-corrected chi connectivity index (χ0v) is 13.8. The van der Waals surface area contributed by atoms with Crippen molar-refractivity contribution in [3.63, 3.8) is 0 Å². The molecule has 1 N–H and O–H groups in total. The second-order valence-electron chi connectivity index (χ2n) is 6.52. The fraction of sp³-hybridized carbons (Fsp3) is 0.733. The molecule has 1 aromatic rings. The maximum atomic E-state index is 10.8. The molecule has 1 aliphatic rings. The van der Waals surface area contributed by atoms with Gasteiger partial charge in [-0.05, 0) is 18.8 Å². The van der Waals surface area contributed by atoms with Gasteiger partial charge in [0.15, 0.2) is 5.16 Å². The van der Waals surface area contributed by atoms with Gasteiger partial charge in [0.25, 0.3) is 0 Å². The van der Waals surface area contributed by atoms with Crippen molar-refractivity contribution in [1.29, 1.82) is 0 Å². The fourth-order valence-electron chi connectivity index (χ4n) is 2.56. The van der Waals surface area contributed by atoms with Crippen LogP contribution >= 0.6 is 11.8 Å². The molecular formula is C15H24N2O3S. The third-order valence-electron chi connectivity index (χ3n) is 3.69. The monoisotopic (exact) mass is 312 g/mol. The Morgan fingerprint density at radius 1 is 1.48 bits per heavy atom. The molecule has 5 nitrogen and oxygen atoms in total. The Morgan fingerprint density at radius 3 is 2.71 bits per heavy atom. The van der Waals surface area contributed by atoms with Gasteiger partial charge in [0.1, 0.15) is 0 Å². The van der Waals surface area contributed by atoms with E-state index in [2.05, 4.69) is 30.3 Å². The van der Waals surface area contributed by atoms with Crippen molar-refractivity contribution >= 4 is 17.7 Å². The first-order valence-corrected chi connectivity index (χ1v) is 8.35. The van der Waals surface area contributed by atoms with Crippen LogP contribution in [0.2, 0.25) is 0 Å². The molecule has 118 valence electrons. The Hall–Kier alpha value is -1.01. The van der Waals surface area contributed by atoms with Gasteiger partial charge in [0.2, 0.25) is 0 Å². The summed E-state index contributed by atoms with van der Waals surface area (Å²) in [7, 11) is 0. The van der Waals surface area contributed by atoms with Crippen molar-refractivity contribution in [1.82, 2.24) is 9.55 Å². The minimum Gasteiger partial charge on any atom is -0.481 e. The third-order valence-corrected chi connectivity index (χ3v) is 4.67. The van der Waals surface area contributed by atoms with E-state index in [0.29, 0.717) is 5.92 Å². The van der Waals surface area contributed by atoms with E-state index in [9.17, 15) is 4.79 Å². The Bertz CT molecular complexity index is 488. The summed E-state index contributed by atoms with van der Waals surface area (Å²) in [6.45, 7) is 9.03. The second kappa shape index (κ2) is 6.83. The minimum atomic E-state index is -0.807. The van der Waals surface area contributed by atoms with Crippen LogP contribution < -0.4 is 0 Å². The normalized spacial score (nSPS) is 17.1. The van der Waals surface area contributed by atoms with Crippen molar-refractivity contribution in [2.45, 2.75) is 50.7 Å². The fourth-order valence-corrected chi connectivity index (χ4v) is 3.27. The number of imidazole rings is 1. The number of ether oxygens (including phenoxy) is 1. The molecule has 0 atom stereocenters. The number of carbonyl (C=O) groups is 1. The van der Waals surface area contributed by atoms with Crippen LogP contribution in [-0.2, 0) is 21.5 Å². The number of thioether (sulfide) groups is 1. The van der Waals surface area contributed by atoms with Crippen molar-refractivity contribution in [2.24, 2.45) is 5.92 Å². The maximum Gasteiger partial charge on any atom is 0.313 e. The van der Waals surface area contributed by atoms with Gasteiger partial charge < -0.3 is 14.4 Å². The van der Waals surface area contributed by atoms with E-state index in [1.165, 1.54) is 17.5 Å². The van der Waals surface area contributed by atoms with Gasteiger partial charge in [-0.25, -0.2) is 4.98 Å². The smallest absolute Gasteiger partial charge is 0.313 e. The van der Waals surface area contributed by atoms with Gasteiger partial charge in [-0.1, -0.05) is 32.5 Å². The first-order valence-electron chi connectivity index (χ1n) is 7.36. The lowest BCUT2D eigenvalue weighted by Crippen LogP contribution is -2.25. The highest BCUT2D eigenvalue weighted by Gasteiger charge is 2.24. The van der Waals surface area contributed by atoms with Crippen LogP contribution in [0.25, 0.3) is 0 Å². The summed E-state index contributed by atoms with van der Waals surface area (Å²) >= 11 is 1.30. The second-order valence-corrected chi connectivity index (χ2v) is 7.47. The lowest BCUT2D eigenvalue weighted by Gasteiger charge is -2.27. The molecule has 2 heterocycles. The van der Waals surface area contributed by atoms with E-state index in [1.807, 2.05) is 6.20 Å². The van der Waals surface area contributed by atoms with Gasteiger partial charge in [-0.2, -0.15) is 0 Å². The molecule has 1 fully saturated rings. The molecule has 0 spiro atoms. The maximum absolute atomic E-state index is 10.8. The summed E-state index contributed by atoms with van der Waals surface area (Å²) in [6, 6.07) is 0. The van der Waals surface area contributed by atoms with E-state index < -0.39 is 5.97 Å². The Balaban J connectivity index is 2.20. The SMILES string of the molecule is CC(C)(C)c1cnc(SCC(=O)O)n1CC1CCOCC1. The van der Waals surface area contributed by atoms with E-state index in [1.54, 1.807) is 0 Å². The molecule has 2 rings (SSSR count). The highest BCUT2D eigenvalue weighted by Crippen LogP contribution is 2.30. The number of hydrogen-bond acceptors (Lipinski definition) is 4. The molecule has 0 unspecified atom stereocenters. The first kappa shape index (κ1) is 16.4. The van der Waals surface area contributed by atoms with Gasteiger partial charge in [0.05, 0.1) is 5.75 Å². The molecule has 0 saturated carbocycles. The lowest BCUT2D eigenvalue weighted by atomic mass is 9.92. The molecule has 1 aromatic heterocycles. The van der Waals surface area contributed by atoms with Crippen LogP contribution in [0.1, 0.15) is 39.3 Å². The molecule has 0 radical (unpaired) electrons. The summed E-state index contributed by atoms with van der Waals surface area (Å²) in [5, 5.41) is 9.69. The van der Waals surface area contributed by atoms with Gasteiger partial charge in [-0.3, -0.25) is 4.79 Å². The van der Waals surface area contributed by atoms with Crippen molar-refractivity contribution in [3.05, 3.63) is 11.9 Å². The molecule has 0 aliphatic carbocycles. The third kappa shape index (κ3) is 4.48. The minimum absolute atomic E-state index is 0.000199. The van der Waals surface area contributed by atoms with Crippen LogP contribution in [-0.4, -0.2) is 39.6 Å². The quantitative estimate of drug-likeness (QED) is 0.847. The molecule has 21 heavy (non-hydrogen) atoms. The van der Waals surface area contributed by atoms with Crippen molar-refractivity contribution < 1.29 is 14.6 Å². The molecular weight excluding hydrogens is 288 g/mol. The number of rotatable bonds is 5. The summed E-state index contributed by atoms with van der Waals surface area (Å²) in [4.78, 5) is 15.3. The summed E-state index contributed by atoms with van der Waals surface area (Å²) < 4.78 is 7.63. The molecule has 6 heteroatoms. The number of nitrogens with zero attached hydrogens (tertiary/aromatic N) is 2. The van der Waals surface area contributed by atoms with Gasteiger partial charge >= 0.3 is 5.97 Å². The lowest BCUT2D eigenvalue weighted by molar-refractivity contribution is -0.133. The standard InChI is InChI=1S/C15H24N2O3S/c1-15(2,3)12-8-16-14(21-10-13(18)19)17(12)9-11-4-6-20-7-5-11/h8,11H,4-7,9-10H2,1-3H3,(H,18,19). The highest BCUT2D eigenvalue weighted by molar-refractivity contribution is 7.99. The zero-order valence-electron chi connectivity index (χ0n) is 13.0. The van der Waals surface area contributed by atoms with Crippen LogP contribution in [0.15, 0.2) is 11.4 Å². The number of aromatic nitrogens is 2. The predicted octanol–water partition coefficient (Wildman–Crippen LogP) is 2.78. The van der Waals surface area contributed by atoms with E-state index >= 15 is 0 Å².